The number of esters is 1. The lowest BCUT2D eigenvalue weighted by Gasteiger charge is -2.31. The molecular formula is C21H29ClN4O4. The lowest BCUT2D eigenvalue weighted by molar-refractivity contribution is -0.139. The fraction of sp³-hybridized carbons (Fsp3) is 0.476. The number of nitrogens with one attached hydrogen (secondary N) is 3. The van der Waals surface area contributed by atoms with Gasteiger partial charge in [-0.05, 0) is 44.5 Å². The summed E-state index contributed by atoms with van der Waals surface area (Å²) in [6.45, 7) is 8.50. The van der Waals surface area contributed by atoms with E-state index in [0.29, 0.717) is 34.9 Å². The van der Waals surface area contributed by atoms with Crippen LogP contribution in [0.5, 0.6) is 0 Å². The zero-order chi connectivity index (χ0) is 22.3. The number of aryl methyl sites for hydroxylation is 1. The smallest absolute Gasteiger partial charge is 0.337 e. The first-order chi connectivity index (χ1) is 14.3. The summed E-state index contributed by atoms with van der Waals surface area (Å²) in [7, 11) is 0. The van der Waals surface area contributed by atoms with Gasteiger partial charge < -0.3 is 20.7 Å². The van der Waals surface area contributed by atoms with Crippen LogP contribution < -0.4 is 16.0 Å². The Hall–Kier alpha value is -2.58. The number of hydrogen-bond acceptors (Lipinski definition) is 5. The minimum absolute atomic E-state index is 0.0855. The Balaban J connectivity index is 2.18. The van der Waals surface area contributed by atoms with E-state index in [0.717, 1.165) is 5.56 Å². The molecule has 1 unspecified atom stereocenters. The summed E-state index contributed by atoms with van der Waals surface area (Å²) in [5, 5.41) is 8.86. The Morgan fingerprint density at radius 2 is 2.00 bits per heavy atom. The quantitative estimate of drug-likeness (QED) is 0.517. The predicted octanol–water partition coefficient (Wildman–Crippen LogP) is 2.82. The monoisotopic (exact) mass is 436 g/mol. The minimum Gasteiger partial charge on any atom is -0.463 e. The highest BCUT2D eigenvalue weighted by atomic mass is 35.5. The molecule has 3 amide bonds. The molecule has 1 aliphatic heterocycles. The van der Waals surface area contributed by atoms with E-state index in [2.05, 4.69) is 16.0 Å². The van der Waals surface area contributed by atoms with Crippen LogP contribution in [0.2, 0.25) is 5.02 Å². The van der Waals surface area contributed by atoms with Crippen molar-refractivity contribution in [2.45, 2.75) is 40.2 Å². The Morgan fingerprint density at radius 1 is 1.27 bits per heavy atom. The van der Waals surface area contributed by atoms with Gasteiger partial charge in [-0.2, -0.15) is 0 Å². The molecule has 0 fully saturated rings. The van der Waals surface area contributed by atoms with Crippen molar-refractivity contribution in [1.82, 2.24) is 15.5 Å². The van der Waals surface area contributed by atoms with Crippen LogP contribution in [0, 0.1) is 6.92 Å². The molecule has 9 heteroatoms. The first-order valence-corrected chi connectivity index (χ1v) is 10.4. The van der Waals surface area contributed by atoms with Crippen molar-refractivity contribution in [3.05, 3.63) is 40.1 Å². The van der Waals surface area contributed by atoms with Crippen LogP contribution in [0.3, 0.4) is 0 Å². The number of anilines is 1. The Morgan fingerprint density at radius 3 is 2.63 bits per heavy atom. The van der Waals surface area contributed by atoms with Crippen molar-refractivity contribution < 1.29 is 19.1 Å². The molecule has 0 aromatic heterocycles. The van der Waals surface area contributed by atoms with Crippen molar-refractivity contribution in [1.29, 1.82) is 0 Å². The molecular weight excluding hydrogens is 408 g/mol. The van der Waals surface area contributed by atoms with E-state index in [1.54, 1.807) is 19.1 Å². The molecule has 0 saturated carbocycles. The summed E-state index contributed by atoms with van der Waals surface area (Å²) >= 11 is 6.02. The molecule has 1 aromatic carbocycles. The molecule has 1 aromatic rings. The van der Waals surface area contributed by atoms with Gasteiger partial charge in [-0.25, -0.2) is 9.59 Å². The average molecular weight is 437 g/mol. The molecule has 0 radical (unpaired) electrons. The van der Waals surface area contributed by atoms with Crippen LogP contribution in [0.4, 0.5) is 10.5 Å². The molecule has 164 valence electrons. The van der Waals surface area contributed by atoms with E-state index in [4.69, 9.17) is 16.3 Å². The predicted molar refractivity (Wildman–Crippen MR) is 116 cm³/mol. The number of carbonyl (C=O) groups is 3. The van der Waals surface area contributed by atoms with Gasteiger partial charge in [-0.3, -0.25) is 9.69 Å². The van der Waals surface area contributed by atoms with E-state index >= 15 is 0 Å². The van der Waals surface area contributed by atoms with Crippen LogP contribution in [0.15, 0.2) is 29.5 Å². The van der Waals surface area contributed by atoms with Gasteiger partial charge in [0, 0.05) is 23.0 Å². The summed E-state index contributed by atoms with van der Waals surface area (Å²) in [4.78, 5) is 39.0. The topological polar surface area (TPSA) is 99.8 Å². The summed E-state index contributed by atoms with van der Waals surface area (Å²) in [5.74, 6) is -0.685. The van der Waals surface area contributed by atoms with Crippen LogP contribution in [-0.2, 0) is 14.3 Å². The molecule has 0 bridgehead atoms. The Labute approximate surface area is 182 Å². The van der Waals surface area contributed by atoms with Gasteiger partial charge >= 0.3 is 12.0 Å². The molecule has 8 nitrogen and oxygen atoms in total. The van der Waals surface area contributed by atoms with Crippen LogP contribution in [-0.4, -0.2) is 55.1 Å². The Bertz CT molecular complexity index is 840. The lowest BCUT2D eigenvalue weighted by atomic mass is 10.00. The molecule has 0 saturated heterocycles. The van der Waals surface area contributed by atoms with Gasteiger partial charge in [0.25, 0.3) is 0 Å². The van der Waals surface area contributed by atoms with E-state index in [-0.39, 0.29) is 31.6 Å². The number of amides is 3. The second-order valence-electron chi connectivity index (χ2n) is 6.98. The maximum atomic E-state index is 12.6. The van der Waals surface area contributed by atoms with Crippen molar-refractivity contribution in [2.75, 3.05) is 31.6 Å². The van der Waals surface area contributed by atoms with E-state index in [9.17, 15) is 14.4 Å². The number of rotatable bonds is 9. The number of likely N-dealkylation sites (N-methyl/N-ethyl adjacent to an activating group) is 1. The fourth-order valence-corrected chi connectivity index (χ4v) is 3.38. The number of nitrogens with zero attached hydrogens (tertiary/aromatic N) is 1. The van der Waals surface area contributed by atoms with E-state index < -0.39 is 12.0 Å². The van der Waals surface area contributed by atoms with Gasteiger partial charge in [-0.1, -0.05) is 31.5 Å². The normalized spacial score (nSPS) is 16.2. The summed E-state index contributed by atoms with van der Waals surface area (Å²) in [6, 6.07) is 4.49. The highest BCUT2D eigenvalue weighted by Gasteiger charge is 2.32. The molecule has 1 aliphatic rings. The average Bonchev–Trinajstić information content (AvgIpc) is 2.69. The highest BCUT2D eigenvalue weighted by Crippen LogP contribution is 2.21. The van der Waals surface area contributed by atoms with Crippen molar-refractivity contribution in [2.24, 2.45) is 0 Å². The second-order valence-corrected chi connectivity index (χ2v) is 7.42. The first kappa shape index (κ1) is 23.7. The van der Waals surface area contributed by atoms with Crippen molar-refractivity contribution in [3.63, 3.8) is 0 Å². The number of urea groups is 1. The number of benzene rings is 1. The minimum atomic E-state index is -0.470. The molecule has 30 heavy (non-hydrogen) atoms. The standard InChI is InChI=1S/C21H29ClN4O4/c1-5-15-19(20(28)30-7-3)17(25-21(29)24-15)11-26(6-2)12-18(27)23-16-10-14(22)9-8-13(16)4/h8-10,15H,5-7,11-12H2,1-4H3,(H,23,27)(H2,24,25,29). The molecule has 1 heterocycles. The number of hydrogen-bond donors (Lipinski definition) is 3. The van der Waals surface area contributed by atoms with Crippen LogP contribution in [0.1, 0.15) is 32.8 Å². The van der Waals surface area contributed by atoms with Crippen LogP contribution >= 0.6 is 11.6 Å². The Kier molecular flexibility index (Phi) is 8.68. The van der Waals surface area contributed by atoms with Crippen molar-refractivity contribution >= 4 is 35.2 Å². The highest BCUT2D eigenvalue weighted by molar-refractivity contribution is 6.31. The molecule has 1 atom stereocenters. The molecule has 0 spiro atoms. The van der Waals surface area contributed by atoms with Crippen molar-refractivity contribution in [3.8, 4) is 0 Å². The largest absolute Gasteiger partial charge is 0.463 e. The third-order valence-electron chi connectivity index (χ3n) is 4.82. The van der Waals surface area contributed by atoms with E-state index in [1.165, 1.54) is 0 Å². The van der Waals surface area contributed by atoms with Gasteiger partial charge in [0.2, 0.25) is 5.91 Å². The number of carbonyl (C=O) groups excluding carboxylic acids is 3. The van der Waals surface area contributed by atoms with Gasteiger partial charge in [0.15, 0.2) is 0 Å². The fourth-order valence-electron chi connectivity index (χ4n) is 3.21. The zero-order valence-corrected chi connectivity index (χ0v) is 18.6. The third-order valence-corrected chi connectivity index (χ3v) is 5.05. The second kappa shape index (κ2) is 11.0. The number of halogens is 1. The zero-order valence-electron chi connectivity index (χ0n) is 17.8. The first-order valence-electron chi connectivity index (χ1n) is 10.0. The maximum absolute atomic E-state index is 12.6. The van der Waals surface area contributed by atoms with Crippen LogP contribution in [0.25, 0.3) is 0 Å². The third kappa shape index (κ3) is 6.21. The summed E-state index contributed by atoms with van der Waals surface area (Å²) in [6.07, 6.45) is 0.547. The lowest BCUT2D eigenvalue weighted by Crippen LogP contribution is -2.52. The summed E-state index contributed by atoms with van der Waals surface area (Å²) in [5.41, 5.74) is 2.40. The molecule has 2 rings (SSSR count). The van der Waals surface area contributed by atoms with E-state index in [1.807, 2.05) is 31.7 Å². The van der Waals surface area contributed by atoms with Gasteiger partial charge in [-0.15, -0.1) is 0 Å². The maximum Gasteiger partial charge on any atom is 0.337 e. The molecule has 0 aliphatic carbocycles. The SMILES string of the molecule is CCOC(=O)C1=C(CN(CC)CC(=O)Nc2cc(Cl)ccc2C)NC(=O)NC1CC. The molecule has 3 N–H and O–H groups in total. The number of ether oxygens (including phenoxy) is 1. The van der Waals surface area contributed by atoms with Gasteiger partial charge in [0.1, 0.15) is 0 Å². The van der Waals surface area contributed by atoms with Gasteiger partial charge in [0.05, 0.1) is 24.8 Å². The summed E-state index contributed by atoms with van der Waals surface area (Å²) < 4.78 is 5.18.